The van der Waals surface area contributed by atoms with Gasteiger partial charge in [-0.2, -0.15) is 0 Å². The van der Waals surface area contributed by atoms with Gasteiger partial charge in [-0.05, 0) is 24.3 Å². The van der Waals surface area contributed by atoms with Crippen LogP contribution in [0.5, 0.6) is 5.75 Å². The monoisotopic (exact) mass is 338 g/mol. The van der Waals surface area contributed by atoms with Gasteiger partial charge in [-0.3, -0.25) is 4.79 Å². The average Bonchev–Trinajstić information content (AvgIpc) is 2.48. The predicted molar refractivity (Wildman–Crippen MR) is 81.9 cm³/mol. The maximum atomic E-state index is 14.1. The van der Waals surface area contributed by atoms with Crippen molar-refractivity contribution >= 4 is 29.2 Å². The number of anilines is 1. The Morgan fingerprint density at radius 3 is 2.61 bits per heavy atom. The second-order valence-corrected chi connectivity index (χ2v) is 4.99. The molecule has 1 aromatic heterocycles. The minimum atomic E-state index is -0.926. The van der Waals surface area contributed by atoms with E-state index in [2.05, 4.69) is 15.0 Å². The number of pyridine rings is 1. The third kappa shape index (κ3) is 3.57. The lowest BCUT2D eigenvalue weighted by Crippen LogP contribution is -2.11. The Bertz CT molecular complexity index is 795. The molecular weight excluding hydrogens is 327 g/mol. The number of rotatable bonds is 3. The largest absolute Gasteiger partial charge is 0.504 e. The molecule has 6 nitrogen and oxygen atoms in total. The number of halogens is 2. The molecule has 0 aliphatic heterocycles. The van der Waals surface area contributed by atoms with Gasteiger partial charge in [0.05, 0.1) is 18.5 Å². The number of aromatic hydroxyl groups is 1. The standard InChI is InChI=1S/C15H12ClFN2O4/c1-7(20)18-12-6-11(9-4-3-8(16)5-10(9)17)19-13(14(12)21)15(22)23-2/h3-6,21H,1-2H3,(H,18,19,20). The van der Waals surface area contributed by atoms with Gasteiger partial charge >= 0.3 is 5.97 Å². The summed E-state index contributed by atoms with van der Waals surface area (Å²) in [6.07, 6.45) is 0. The summed E-state index contributed by atoms with van der Waals surface area (Å²) in [5.41, 5.74) is -0.451. The van der Waals surface area contributed by atoms with E-state index in [-0.39, 0.29) is 22.0 Å². The van der Waals surface area contributed by atoms with Gasteiger partial charge in [-0.1, -0.05) is 11.6 Å². The van der Waals surface area contributed by atoms with Crippen LogP contribution >= 0.6 is 11.6 Å². The quantitative estimate of drug-likeness (QED) is 0.840. The number of aromatic nitrogens is 1. The van der Waals surface area contributed by atoms with E-state index in [1.165, 1.54) is 25.1 Å². The van der Waals surface area contributed by atoms with Crippen molar-refractivity contribution in [3.63, 3.8) is 0 Å². The zero-order chi connectivity index (χ0) is 17.1. The van der Waals surface area contributed by atoms with Crippen LogP contribution in [0, 0.1) is 5.82 Å². The van der Waals surface area contributed by atoms with Crippen molar-refractivity contribution in [1.29, 1.82) is 0 Å². The van der Waals surface area contributed by atoms with Crippen molar-refractivity contribution in [3.05, 3.63) is 40.8 Å². The highest BCUT2D eigenvalue weighted by molar-refractivity contribution is 6.30. The summed E-state index contributed by atoms with van der Waals surface area (Å²) in [4.78, 5) is 26.9. The van der Waals surface area contributed by atoms with E-state index in [0.29, 0.717) is 0 Å². The number of methoxy groups -OCH3 is 1. The van der Waals surface area contributed by atoms with Crippen molar-refractivity contribution in [2.75, 3.05) is 12.4 Å². The predicted octanol–water partition coefficient (Wildman–Crippen LogP) is 2.99. The first-order valence-electron chi connectivity index (χ1n) is 6.38. The van der Waals surface area contributed by atoms with Crippen molar-refractivity contribution in [3.8, 4) is 17.0 Å². The highest BCUT2D eigenvalue weighted by Gasteiger charge is 2.21. The number of carbonyl (C=O) groups excluding carboxylic acids is 2. The van der Waals surface area contributed by atoms with Crippen molar-refractivity contribution in [2.45, 2.75) is 6.92 Å². The van der Waals surface area contributed by atoms with Gasteiger partial charge in [0.2, 0.25) is 5.91 Å². The van der Waals surface area contributed by atoms with Gasteiger partial charge in [0, 0.05) is 17.5 Å². The van der Waals surface area contributed by atoms with Crippen molar-refractivity contribution in [1.82, 2.24) is 4.98 Å². The molecule has 120 valence electrons. The Morgan fingerprint density at radius 2 is 2.04 bits per heavy atom. The second-order valence-electron chi connectivity index (χ2n) is 4.55. The molecule has 1 aromatic carbocycles. The summed E-state index contributed by atoms with van der Waals surface area (Å²) < 4.78 is 18.6. The van der Waals surface area contributed by atoms with E-state index in [9.17, 15) is 19.1 Å². The molecule has 8 heteroatoms. The first-order chi connectivity index (χ1) is 10.8. The SMILES string of the molecule is COC(=O)c1nc(-c2ccc(Cl)cc2F)cc(NC(C)=O)c1O. The fourth-order valence-corrected chi connectivity index (χ4v) is 2.06. The van der Waals surface area contributed by atoms with Gasteiger partial charge < -0.3 is 15.2 Å². The number of benzene rings is 1. The molecule has 0 saturated heterocycles. The molecule has 1 heterocycles. The molecule has 0 unspecified atom stereocenters. The van der Waals surface area contributed by atoms with Gasteiger partial charge in [-0.25, -0.2) is 14.2 Å². The van der Waals surface area contributed by atoms with Crippen LogP contribution in [0.25, 0.3) is 11.3 Å². The van der Waals surface area contributed by atoms with Crippen LogP contribution in [0.4, 0.5) is 10.1 Å². The molecule has 0 spiro atoms. The third-order valence-corrected chi connectivity index (χ3v) is 3.12. The molecule has 0 bridgehead atoms. The molecule has 1 amide bonds. The third-order valence-electron chi connectivity index (χ3n) is 2.89. The van der Waals surface area contributed by atoms with Crippen LogP contribution in [-0.2, 0) is 9.53 Å². The Hall–Kier alpha value is -2.67. The second kappa shape index (κ2) is 6.62. The highest BCUT2D eigenvalue weighted by Crippen LogP contribution is 2.33. The number of carbonyl (C=O) groups is 2. The zero-order valence-corrected chi connectivity index (χ0v) is 12.9. The number of esters is 1. The maximum Gasteiger partial charge on any atom is 0.360 e. The van der Waals surface area contributed by atoms with Gasteiger partial charge in [0.1, 0.15) is 5.82 Å². The Kier molecular flexibility index (Phi) is 4.80. The summed E-state index contributed by atoms with van der Waals surface area (Å²) in [7, 11) is 1.11. The minimum absolute atomic E-state index is 0.0288. The minimum Gasteiger partial charge on any atom is -0.504 e. The lowest BCUT2D eigenvalue weighted by molar-refractivity contribution is -0.114. The highest BCUT2D eigenvalue weighted by atomic mass is 35.5. The van der Waals surface area contributed by atoms with E-state index in [0.717, 1.165) is 13.2 Å². The summed E-state index contributed by atoms with van der Waals surface area (Å²) in [6.45, 7) is 1.22. The molecule has 2 rings (SSSR count). The normalized spacial score (nSPS) is 10.3. The average molecular weight is 339 g/mol. The first kappa shape index (κ1) is 16.7. The number of amides is 1. The molecule has 0 atom stereocenters. The lowest BCUT2D eigenvalue weighted by atomic mass is 10.1. The maximum absolute atomic E-state index is 14.1. The van der Waals surface area contributed by atoms with E-state index in [1.807, 2.05) is 0 Å². The Balaban J connectivity index is 2.67. The number of nitrogens with zero attached hydrogens (tertiary/aromatic N) is 1. The van der Waals surface area contributed by atoms with E-state index >= 15 is 0 Å². The van der Waals surface area contributed by atoms with Crippen molar-refractivity contribution in [2.24, 2.45) is 0 Å². The number of ether oxygens (including phenoxy) is 1. The molecular formula is C15H12ClFN2O4. The summed E-state index contributed by atoms with van der Waals surface area (Å²) in [5, 5.41) is 12.6. The van der Waals surface area contributed by atoms with Crippen molar-refractivity contribution < 1.29 is 23.8 Å². The fourth-order valence-electron chi connectivity index (χ4n) is 1.90. The van der Waals surface area contributed by atoms with E-state index in [4.69, 9.17) is 11.6 Å². The number of hydrogen-bond acceptors (Lipinski definition) is 5. The van der Waals surface area contributed by atoms with Crippen LogP contribution in [0.3, 0.4) is 0 Å². The zero-order valence-electron chi connectivity index (χ0n) is 12.2. The molecule has 2 N–H and O–H groups in total. The first-order valence-corrected chi connectivity index (χ1v) is 6.76. The molecule has 0 radical (unpaired) electrons. The van der Waals surface area contributed by atoms with Crippen LogP contribution < -0.4 is 5.32 Å². The summed E-state index contributed by atoms with van der Waals surface area (Å²) in [5.74, 6) is -2.64. The summed E-state index contributed by atoms with van der Waals surface area (Å²) >= 11 is 5.70. The van der Waals surface area contributed by atoms with E-state index in [1.54, 1.807) is 0 Å². The molecule has 2 aromatic rings. The Morgan fingerprint density at radius 1 is 1.35 bits per heavy atom. The number of hydrogen-bond donors (Lipinski definition) is 2. The summed E-state index contributed by atoms with van der Waals surface area (Å²) in [6, 6.07) is 5.15. The topological polar surface area (TPSA) is 88.5 Å². The van der Waals surface area contributed by atoms with Crippen LogP contribution in [0.15, 0.2) is 24.3 Å². The smallest absolute Gasteiger partial charge is 0.360 e. The molecule has 0 fully saturated rings. The van der Waals surface area contributed by atoms with Gasteiger partial charge in [-0.15, -0.1) is 0 Å². The lowest BCUT2D eigenvalue weighted by Gasteiger charge is -2.12. The van der Waals surface area contributed by atoms with Crippen LogP contribution in [0.1, 0.15) is 17.4 Å². The molecule has 0 aliphatic carbocycles. The number of nitrogens with one attached hydrogen (secondary N) is 1. The van der Waals surface area contributed by atoms with Gasteiger partial charge in [0.15, 0.2) is 11.4 Å². The molecule has 0 aliphatic rings. The Labute approximate surface area is 135 Å². The van der Waals surface area contributed by atoms with Gasteiger partial charge in [0.25, 0.3) is 0 Å². The molecule has 0 saturated carbocycles. The van der Waals surface area contributed by atoms with Crippen LogP contribution in [0.2, 0.25) is 5.02 Å². The van der Waals surface area contributed by atoms with Crippen LogP contribution in [-0.4, -0.2) is 29.1 Å². The molecule has 23 heavy (non-hydrogen) atoms. The fraction of sp³-hybridized carbons (Fsp3) is 0.133. The van der Waals surface area contributed by atoms with E-state index < -0.39 is 29.1 Å².